The molecule has 20 heavy (non-hydrogen) atoms. The van der Waals surface area contributed by atoms with Crippen molar-refractivity contribution >= 4 is 30.7 Å². The van der Waals surface area contributed by atoms with Crippen LogP contribution in [-0.4, -0.2) is 49.6 Å². The van der Waals surface area contributed by atoms with Gasteiger partial charge in [0.05, 0.1) is 5.92 Å². The van der Waals surface area contributed by atoms with Gasteiger partial charge >= 0.3 is 0 Å². The van der Waals surface area contributed by atoms with Gasteiger partial charge in [0.1, 0.15) is 0 Å². The highest BCUT2D eigenvalue weighted by atomic mass is 35.5. The second kappa shape index (κ2) is 8.42. The molecule has 0 aromatic carbocycles. The molecule has 0 bridgehead atoms. The van der Waals surface area contributed by atoms with Gasteiger partial charge in [0.15, 0.2) is 0 Å². The fraction of sp³-hybridized carbons (Fsp3) is 0.929. The summed E-state index contributed by atoms with van der Waals surface area (Å²) in [7, 11) is 0. The third-order valence-electron chi connectivity index (χ3n) is 4.58. The smallest absolute Gasteiger partial charge is 0.224 e. The van der Waals surface area contributed by atoms with Crippen LogP contribution >= 0.6 is 24.8 Å². The van der Waals surface area contributed by atoms with E-state index in [1.807, 2.05) is 0 Å². The second-order valence-corrected chi connectivity index (χ2v) is 6.22. The molecule has 1 aliphatic carbocycles. The van der Waals surface area contributed by atoms with Gasteiger partial charge in [0.2, 0.25) is 5.91 Å². The van der Waals surface area contributed by atoms with Crippen molar-refractivity contribution in [1.82, 2.24) is 15.5 Å². The molecule has 1 atom stereocenters. The summed E-state index contributed by atoms with van der Waals surface area (Å²) >= 11 is 0. The SMILES string of the molecule is Cl.Cl.O=C(NC1CCN(CC2CC2)CC1)C1CCNC1. The van der Waals surface area contributed by atoms with Gasteiger partial charge < -0.3 is 15.5 Å². The predicted octanol–water partition coefficient (Wildman–Crippen LogP) is 1.43. The van der Waals surface area contributed by atoms with E-state index in [-0.39, 0.29) is 36.6 Å². The third-order valence-corrected chi connectivity index (χ3v) is 4.58. The van der Waals surface area contributed by atoms with Gasteiger partial charge in [-0.2, -0.15) is 0 Å². The molecule has 118 valence electrons. The summed E-state index contributed by atoms with van der Waals surface area (Å²) in [5, 5.41) is 6.50. The molecular formula is C14H27Cl2N3O. The highest BCUT2D eigenvalue weighted by molar-refractivity contribution is 5.85. The number of carbonyl (C=O) groups excluding carboxylic acids is 1. The van der Waals surface area contributed by atoms with E-state index in [0.29, 0.717) is 6.04 Å². The van der Waals surface area contributed by atoms with Crippen LogP contribution in [0.3, 0.4) is 0 Å². The number of carbonyl (C=O) groups is 1. The maximum atomic E-state index is 12.0. The molecule has 6 heteroatoms. The molecule has 0 radical (unpaired) electrons. The third kappa shape index (κ3) is 5.06. The van der Waals surface area contributed by atoms with Crippen LogP contribution in [0.2, 0.25) is 0 Å². The number of rotatable bonds is 4. The van der Waals surface area contributed by atoms with E-state index in [1.165, 1.54) is 32.5 Å². The number of hydrogen-bond donors (Lipinski definition) is 2. The molecule has 0 aromatic heterocycles. The molecule has 1 saturated carbocycles. The lowest BCUT2D eigenvalue weighted by atomic mass is 10.0. The van der Waals surface area contributed by atoms with E-state index >= 15 is 0 Å². The number of piperidine rings is 1. The van der Waals surface area contributed by atoms with E-state index in [0.717, 1.165) is 38.3 Å². The topological polar surface area (TPSA) is 44.4 Å². The minimum Gasteiger partial charge on any atom is -0.353 e. The first-order chi connectivity index (χ1) is 8.81. The normalized spacial score (nSPS) is 27.5. The lowest BCUT2D eigenvalue weighted by molar-refractivity contribution is -0.125. The van der Waals surface area contributed by atoms with Gasteiger partial charge in [-0.15, -0.1) is 24.8 Å². The molecule has 2 heterocycles. The average molecular weight is 324 g/mol. The average Bonchev–Trinajstić information content (AvgIpc) is 3.02. The summed E-state index contributed by atoms with van der Waals surface area (Å²) in [6.07, 6.45) is 6.15. The Labute approximate surface area is 134 Å². The zero-order valence-corrected chi connectivity index (χ0v) is 13.6. The standard InChI is InChI=1S/C14H25N3O.2ClH/c18-14(12-3-6-15-9-12)16-13-4-7-17(8-5-13)10-11-1-2-11;;/h11-13,15H,1-10H2,(H,16,18);2*1H. The van der Waals surface area contributed by atoms with Gasteiger partial charge in [-0.05, 0) is 44.6 Å². The summed E-state index contributed by atoms with van der Waals surface area (Å²) in [4.78, 5) is 14.6. The van der Waals surface area contributed by atoms with Crippen molar-refractivity contribution in [1.29, 1.82) is 0 Å². The van der Waals surface area contributed by atoms with E-state index < -0.39 is 0 Å². The minimum absolute atomic E-state index is 0. The van der Waals surface area contributed by atoms with Crippen molar-refractivity contribution < 1.29 is 4.79 Å². The molecule has 0 spiro atoms. The molecule has 4 nitrogen and oxygen atoms in total. The number of nitrogens with zero attached hydrogens (tertiary/aromatic N) is 1. The Morgan fingerprint density at radius 2 is 1.80 bits per heavy atom. The fourth-order valence-corrected chi connectivity index (χ4v) is 3.12. The highest BCUT2D eigenvalue weighted by Crippen LogP contribution is 2.30. The molecule has 1 amide bonds. The van der Waals surface area contributed by atoms with Gasteiger partial charge in [0, 0.05) is 32.2 Å². The summed E-state index contributed by atoms with van der Waals surface area (Å²) in [6, 6.07) is 0.425. The number of halogens is 2. The predicted molar refractivity (Wildman–Crippen MR) is 85.8 cm³/mol. The van der Waals surface area contributed by atoms with Gasteiger partial charge in [-0.3, -0.25) is 4.79 Å². The fourth-order valence-electron chi connectivity index (χ4n) is 3.12. The quantitative estimate of drug-likeness (QED) is 0.822. The van der Waals surface area contributed by atoms with Crippen molar-refractivity contribution in [2.75, 3.05) is 32.7 Å². The molecule has 2 aliphatic heterocycles. The van der Waals surface area contributed by atoms with Crippen LogP contribution in [0.15, 0.2) is 0 Å². The summed E-state index contributed by atoms with van der Waals surface area (Å²) < 4.78 is 0. The highest BCUT2D eigenvalue weighted by Gasteiger charge is 2.29. The molecule has 1 unspecified atom stereocenters. The first-order valence-corrected chi connectivity index (χ1v) is 7.55. The maximum Gasteiger partial charge on any atom is 0.224 e. The minimum atomic E-state index is 0. The zero-order chi connectivity index (χ0) is 12.4. The molecule has 3 fully saturated rings. The Morgan fingerprint density at radius 3 is 2.35 bits per heavy atom. The molecule has 2 saturated heterocycles. The van der Waals surface area contributed by atoms with Gasteiger partial charge in [-0.1, -0.05) is 0 Å². The molecule has 0 aromatic rings. The van der Waals surface area contributed by atoms with Gasteiger partial charge in [-0.25, -0.2) is 0 Å². The second-order valence-electron chi connectivity index (χ2n) is 6.22. The zero-order valence-electron chi connectivity index (χ0n) is 12.0. The van der Waals surface area contributed by atoms with Crippen molar-refractivity contribution in [2.45, 2.75) is 38.1 Å². The summed E-state index contributed by atoms with van der Waals surface area (Å²) in [5.74, 6) is 1.48. The Morgan fingerprint density at radius 1 is 1.10 bits per heavy atom. The molecule has 3 rings (SSSR count). The van der Waals surface area contributed by atoms with Crippen LogP contribution in [0, 0.1) is 11.8 Å². The Kier molecular flexibility index (Phi) is 7.59. The van der Waals surface area contributed by atoms with Crippen LogP contribution in [0.4, 0.5) is 0 Å². The van der Waals surface area contributed by atoms with E-state index in [9.17, 15) is 4.79 Å². The lowest BCUT2D eigenvalue weighted by Crippen LogP contribution is -2.47. The molecular weight excluding hydrogens is 297 g/mol. The summed E-state index contributed by atoms with van der Waals surface area (Å²) in [5.41, 5.74) is 0. The first kappa shape index (κ1) is 18.0. The van der Waals surface area contributed by atoms with Crippen LogP contribution in [-0.2, 0) is 4.79 Å². The number of hydrogen-bond acceptors (Lipinski definition) is 3. The van der Waals surface area contributed by atoms with E-state index in [4.69, 9.17) is 0 Å². The number of likely N-dealkylation sites (tertiary alicyclic amines) is 1. The first-order valence-electron chi connectivity index (χ1n) is 7.55. The van der Waals surface area contributed by atoms with Crippen LogP contribution in [0.5, 0.6) is 0 Å². The largest absolute Gasteiger partial charge is 0.353 e. The van der Waals surface area contributed by atoms with E-state index in [1.54, 1.807) is 0 Å². The Balaban J connectivity index is 0.000001000. The van der Waals surface area contributed by atoms with E-state index in [2.05, 4.69) is 15.5 Å². The Bertz CT molecular complexity index is 299. The van der Waals surface area contributed by atoms with Crippen LogP contribution in [0.1, 0.15) is 32.1 Å². The maximum absolute atomic E-state index is 12.0. The molecule has 3 aliphatic rings. The number of amides is 1. The van der Waals surface area contributed by atoms with Crippen molar-refractivity contribution in [3.63, 3.8) is 0 Å². The summed E-state index contributed by atoms with van der Waals surface area (Å²) in [6.45, 7) is 5.51. The van der Waals surface area contributed by atoms with Crippen LogP contribution < -0.4 is 10.6 Å². The molecule has 2 N–H and O–H groups in total. The van der Waals surface area contributed by atoms with Crippen molar-refractivity contribution in [3.05, 3.63) is 0 Å². The Hall–Kier alpha value is -0.0300. The number of nitrogens with one attached hydrogen (secondary N) is 2. The monoisotopic (exact) mass is 323 g/mol. The lowest BCUT2D eigenvalue weighted by Gasteiger charge is -2.32. The van der Waals surface area contributed by atoms with Gasteiger partial charge in [0.25, 0.3) is 0 Å². The van der Waals surface area contributed by atoms with Crippen LogP contribution in [0.25, 0.3) is 0 Å². The van der Waals surface area contributed by atoms with Crippen molar-refractivity contribution in [3.8, 4) is 0 Å². The van der Waals surface area contributed by atoms with Crippen molar-refractivity contribution in [2.24, 2.45) is 11.8 Å².